The molecule has 0 unspecified atom stereocenters. The first kappa shape index (κ1) is 12.5. The largest absolute Gasteiger partial charge is 0.363 e. The lowest BCUT2D eigenvalue weighted by Crippen LogP contribution is -2.55. The summed E-state index contributed by atoms with van der Waals surface area (Å²) in [4.78, 5) is 18.5. The van der Waals surface area contributed by atoms with E-state index in [0.29, 0.717) is 18.3 Å². The fourth-order valence-electron chi connectivity index (χ4n) is 1.84. The zero-order valence-corrected chi connectivity index (χ0v) is 11.1. The average Bonchev–Trinajstić information content (AvgIpc) is 2.63. The van der Waals surface area contributed by atoms with Crippen LogP contribution in [0.5, 0.6) is 0 Å². The number of rotatable bonds is 2. The van der Waals surface area contributed by atoms with Crippen LogP contribution in [0, 0.1) is 6.92 Å². The number of thiazole rings is 1. The highest BCUT2D eigenvalue weighted by Gasteiger charge is 2.38. The highest BCUT2D eigenvalue weighted by atomic mass is 32.1. The minimum atomic E-state index is -0.785. The zero-order chi connectivity index (χ0) is 12.5. The number of likely N-dealkylation sites (N-methyl/N-ethyl adjacent to an activating group) is 1. The number of morpholine rings is 1. The Morgan fingerprint density at radius 1 is 1.71 bits per heavy atom. The monoisotopic (exact) mass is 255 g/mol. The van der Waals surface area contributed by atoms with Crippen LogP contribution in [0.4, 0.5) is 5.13 Å². The lowest BCUT2D eigenvalue weighted by molar-refractivity contribution is -0.149. The number of anilines is 1. The van der Waals surface area contributed by atoms with Crippen LogP contribution in [-0.4, -0.2) is 48.1 Å². The van der Waals surface area contributed by atoms with E-state index in [9.17, 15) is 4.79 Å². The van der Waals surface area contributed by atoms with Gasteiger partial charge in [0, 0.05) is 18.5 Å². The molecule has 1 aromatic rings. The molecule has 17 heavy (non-hydrogen) atoms. The Bertz CT molecular complexity index is 421. The molecule has 2 rings (SSSR count). The number of aryl methyl sites for hydroxylation is 1. The Hall–Kier alpha value is -0.980. The Morgan fingerprint density at radius 2 is 2.47 bits per heavy atom. The number of aromatic nitrogens is 1. The van der Waals surface area contributed by atoms with Crippen LogP contribution in [0.15, 0.2) is 5.38 Å². The highest BCUT2D eigenvalue weighted by Crippen LogP contribution is 2.21. The lowest BCUT2D eigenvalue weighted by Gasteiger charge is -2.37. The molecule has 1 fully saturated rings. The second-order valence-electron chi connectivity index (χ2n) is 4.57. The molecule has 1 atom stereocenters. The van der Waals surface area contributed by atoms with Crippen molar-refractivity contribution in [3.8, 4) is 0 Å². The molecule has 1 amide bonds. The second kappa shape index (κ2) is 4.72. The predicted octanol–water partition coefficient (Wildman–Crippen LogP) is 1.11. The molecular weight excluding hydrogens is 238 g/mol. The Balaban J connectivity index is 2.03. The van der Waals surface area contributed by atoms with Gasteiger partial charge in [-0.05, 0) is 20.9 Å². The molecular formula is C11H17N3O2S. The molecule has 0 bridgehead atoms. The summed E-state index contributed by atoms with van der Waals surface area (Å²) in [6.07, 6.45) is 0. The minimum absolute atomic E-state index is 0.126. The molecule has 1 aliphatic heterocycles. The van der Waals surface area contributed by atoms with Gasteiger partial charge >= 0.3 is 0 Å². The molecule has 0 aromatic carbocycles. The molecule has 1 saturated heterocycles. The third-order valence-corrected chi connectivity index (χ3v) is 3.66. The fraction of sp³-hybridized carbons (Fsp3) is 0.636. The van der Waals surface area contributed by atoms with Gasteiger partial charge in [0.05, 0.1) is 12.3 Å². The van der Waals surface area contributed by atoms with Crippen LogP contribution < -0.4 is 5.32 Å². The first-order valence-electron chi connectivity index (χ1n) is 5.56. The summed E-state index contributed by atoms with van der Waals surface area (Å²) >= 11 is 1.43. The minimum Gasteiger partial charge on any atom is -0.363 e. The third-order valence-electron chi connectivity index (χ3n) is 2.79. The van der Waals surface area contributed by atoms with E-state index in [4.69, 9.17) is 4.74 Å². The summed E-state index contributed by atoms with van der Waals surface area (Å²) in [5.74, 6) is -0.126. The van der Waals surface area contributed by atoms with Gasteiger partial charge in [-0.1, -0.05) is 0 Å². The van der Waals surface area contributed by atoms with Crippen LogP contribution in [0.3, 0.4) is 0 Å². The molecule has 2 heterocycles. The molecule has 1 aliphatic rings. The van der Waals surface area contributed by atoms with E-state index in [2.05, 4.69) is 15.2 Å². The maximum atomic E-state index is 12.1. The van der Waals surface area contributed by atoms with Gasteiger partial charge in [-0.2, -0.15) is 0 Å². The number of nitrogens with zero attached hydrogens (tertiary/aromatic N) is 2. The van der Waals surface area contributed by atoms with Crippen LogP contribution in [0.2, 0.25) is 0 Å². The Kier molecular flexibility index (Phi) is 3.46. The number of ether oxygens (including phenoxy) is 1. The maximum Gasteiger partial charge on any atom is 0.259 e. The van der Waals surface area contributed by atoms with E-state index >= 15 is 0 Å². The Morgan fingerprint density at radius 3 is 3.06 bits per heavy atom. The fourth-order valence-corrected chi connectivity index (χ4v) is 2.53. The number of amides is 1. The number of hydrogen-bond acceptors (Lipinski definition) is 5. The van der Waals surface area contributed by atoms with Crippen molar-refractivity contribution < 1.29 is 9.53 Å². The van der Waals surface area contributed by atoms with Crippen LogP contribution in [0.1, 0.15) is 12.6 Å². The number of carbonyl (C=O) groups excluding carboxylic acids is 1. The van der Waals surface area contributed by atoms with Gasteiger partial charge in [0.15, 0.2) is 10.7 Å². The number of hydrogen-bond donors (Lipinski definition) is 1. The van der Waals surface area contributed by atoms with Crippen LogP contribution in [-0.2, 0) is 9.53 Å². The first-order chi connectivity index (χ1) is 7.99. The zero-order valence-electron chi connectivity index (χ0n) is 10.3. The van der Waals surface area contributed by atoms with Gasteiger partial charge in [-0.3, -0.25) is 10.1 Å². The van der Waals surface area contributed by atoms with Crippen LogP contribution in [0.25, 0.3) is 0 Å². The van der Waals surface area contributed by atoms with Crippen molar-refractivity contribution in [1.29, 1.82) is 0 Å². The topological polar surface area (TPSA) is 54.5 Å². The van der Waals surface area contributed by atoms with E-state index in [1.807, 2.05) is 26.3 Å². The molecule has 1 N–H and O–H groups in total. The van der Waals surface area contributed by atoms with E-state index in [0.717, 1.165) is 12.2 Å². The summed E-state index contributed by atoms with van der Waals surface area (Å²) in [5.41, 5.74) is 0.129. The molecule has 6 heteroatoms. The van der Waals surface area contributed by atoms with Crippen molar-refractivity contribution in [2.45, 2.75) is 19.4 Å². The summed E-state index contributed by atoms with van der Waals surface area (Å²) in [6, 6.07) is 0. The van der Waals surface area contributed by atoms with E-state index in [1.54, 1.807) is 0 Å². The van der Waals surface area contributed by atoms with Gasteiger partial charge in [0.2, 0.25) is 0 Å². The van der Waals surface area contributed by atoms with E-state index in [-0.39, 0.29) is 5.91 Å². The predicted molar refractivity (Wildman–Crippen MR) is 67.3 cm³/mol. The molecule has 94 valence electrons. The first-order valence-corrected chi connectivity index (χ1v) is 6.44. The van der Waals surface area contributed by atoms with Gasteiger partial charge in [0.1, 0.15) is 0 Å². The maximum absolute atomic E-state index is 12.1. The Labute approximate surface area is 105 Å². The van der Waals surface area contributed by atoms with Gasteiger partial charge in [-0.25, -0.2) is 4.98 Å². The number of nitrogens with one attached hydrogen (secondary N) is 1. The van der Waals surface area contributed by atoms with Crippen molar-refractivity contribution in [1.82, 2.24) is 9.88 Å². The van der Waals surface area contributed by atoms with Crippen molar-refractivity contribution in [2.75, 3.05) is 32.1 Å². The van der Waals surface area contributed by atoms with Crippen molar-refractivity contribution >= 4 is 22.4 Å². The SMILES string of the molecule is Cc1csc(NC(=O)[C@@]2(C)CN(C)CCO2)n1. The van der Waals surface area contributed by atoms with Crippen molar-refractivity contribution in [2.24, 2.45) is 0 Å². The molecule has 0 saturated carbocycles. The van der Waals surface area contributed by atoms with Crippen molar-refractivity contribution in [3.63, 3.8) is 0 Å². The van der Waals surface area contributed by atoms with Gasteiger partial charge < -0.3 is 9.64 Å². The molecule has 5 nitrogen and oxygen atoms in total. The van der Waals surface area contributed by atoms with Gasteiger partial charge in [-0.15, -0.1) is 11.3 Å². The summed E-state index contributed by atoms with van der Waals surface area (Å²) in [5, 5.41) is 5.35. The quantitative estimate of drug-likeness (QED) is 0.860. The molecule has 1 aromatic heterocycles. The second-order valence-corrected chi connectivity index (χ2v) is 5.42. The van der Waals surface area contributed by atoms with E-state index in [1.165, 1.54) is 11.3 Å². The summed E-state index contributed by atoms with van der Waals surface area (Å²) in [7, 11) is 1.99. The number of carbonyl (C=O) groups is 1. The van der Waals surface area contributed by atoms with Crippen LogP contribution >= 0.6 is 11.3 Å². The normalized spacial score (nSPS) is 25.8. The van der Waals surface area contributed by atoms with Gasteiger partial charge in [0.25, 0.3) is 5.91 Å². The average molecular weight is 255 g/mol. The summed E-state index contributed by atoms with van der Waals surface area (Å²) in [6.45, 7) is 5.76. The smallest absolute Gasteiger partial charge is 0.259 e. The summed E-state index contributed by atoms with van der Waals surface area (Å²) < 4.78 is 5.60. The third kappa shape index (κ3) is 2.83. The standard InChI is InChI=1S/C11H17N3O2S/c1-8-6-17-10(12-8)13-9(15)11(2)7-14(3)4-5-16-11/h6H,4-5,7H2,1-3H3,(H,12,13,15)/t11-/m1/s1. The highest BCUT2D eigenvalue weighted by molar-refractivity contribution is 7.13. The molecule has 0 radical (unpaired) electrons. The van der Waals surface area contributed by atoms with E-state index < -0.39 is 5.60 Å². The molecule has 0 spiro atoms. The molecule has 0 aliphatic carbocycles. The van der Waals surface area contributed by atoms with Crippen molar-refractivity contribution in [3.05, 3.63) is 11.1 Å². The lowest BCUT2D eigenvalue weighted by atomic mass is 10.0.